The number of amides is 13. The molecule has 0 heterocycles. The number of primary amides is 3. The van der Waals surface area contributed by atoms with E-state index >= 15 is 0 Å². The Morgan fingerprint density at radius 3 is 1.58 bits per heavy atom. The molecule has 1 aromatic carbocycles. The number of nitrogens with one attached hydrogen (secondary N) is 9. The van der Waals surface area contributed by atoms with E-state index in [1.165, 1.54) is 14.0 Å². The number of carbonyl (C=O) groups excluding carboxylic acids is 13. The third kappa shape index (κ3) is 24.7. The highest BCUT2D eigenvalue weighted by Crippen LogP contribution is 2.13. The van der Waals surface area contributed by atoms with Gasteiger partial charge in [0.25, 0.3) is 0 Å². The number of benzene rings is 1. The zero-order valence-electron chi connectivity index (χ0n) is 44.3. The highest BCUT2D eigenvalue weighted by molar-refractivity contribution is 6.00. The number of aliphatic hydroxyl groups excluding tert-OH is 3. The molecular weight excluding hydrogens is 1050 g/mol. The average molecular weight is 1120 g/mol. The molecule has 440 valence electrons. The van der Waals surface area contributed by atoms with Crippen molar-refractivity contribution in [3.05, 3.63) is 35.9 Å². The van der Waals surface area contributed by atoms with Crippen molar-refractivity contribution in [1.29, 1.82) is 0 Å². The topological polar surface area (TPSA) is 535 Å². The van der Waals surface area contributed by atoms with Gasteiger partial charge in [0, 0.05) is 26.8 Å². The van der Waals surface area contributed by atoms with Gasteiger partial charge in [-0.3, -0.25) is 67.1 Å². The number of likely N-dealkylation sites (N-methyl/N-ethyl adjacent to an activating group) is 1. The first-order chi connectivity index (χ1) is 37.0. The van der Waals surface area contributed by atoms with Crippen LogP contribution in [0, 0.1) is 5.92 Å². The van der Waals surface area contributed by atoms with Crippen LogP contribution in [-0.4, -0.2) is 202 Å². The standard InChI is InChI=1S/C47H74N14O18/c1-22(2)16-28(44(76)55-26(12-9-15-48)41(73)56-27(13-14-35(67)68)42(74)57-29(18-33(49)65)43(75)53-23(3)38(50)70)58-46(78)32(17-25-10-7-6-8-11-25)61(5)34(66)19-52-40(72)30(20-62)59-47(79)36(37(69)39(51)71)60-45(77)31(21-63)54-24(4)64/h6-8,10-11,22-23,26-32,36-37,62-63,69H,9,12-21,48H2,1-5H3,(H2,49,65)(H2,50,70)(H2,51,71)(H,52,72)(H,53,75)(H,54,64)(H,55,76)(H,56,73)(H,57,74)(H,58,78)(H,59,79)(H,60,77)(H,67,68). The van der Waals surface area contributed by atoms with E-state index in [2.05, 4.69) is 37.2 Å². The van der Waals surface area contributed by atoms with Crippen LogP contribution < -0.4 is 70.8 Å². The molecule has 1 rings (SSSR count). The van der Waals surface area contributed by atoms with E-state index < -0.39 is 182 Å². The van der Waals surface area contributed by atoms with E-state index in [4.69, 9.17) is 22.9 Å². The molecule has 0 saturated heterocycles. The molecule has 0 aliphatic carbocycles. The second kappa shape index (κ2) is 34.4. The van der Waals surface area contributed by atoms with Crippen LogP contribution in [0.15, 0.2) is 30.3 Å². The molecular formula is C47H74N14O18. The lowest BCUT2D eigenvalue weighted by Gasteiger charge is -2.31. The van der Waals surface area contributed by atoms with Gasteiger partial charge in [-0.2, -0.15) is 0 Å². The Kier molecular flexibility index (Phi) is 29.9. The summed E-state index contributed by atoms with van der Waals surface area (Å²) in [4.78, 5) is 181. The SMILES string of the molecule is CC(=O)NC(CO)C(=O)NC(C(=O)NC(CO)C(=O)NCC(=O)N(C)C(Cc1ccccc1)C(=O)NC(CC(C)C)C(=O)NC(CCCN)C(=O)NC(CCC(=O)O)C(=O)NC(CC(N)=O)C(=O)NC(C)C(N)=O)C(O)C(N)=O. The van der Waals surface area contributed by atoms with E-state index in [0.717, 1.165) is 11.8 Å². The normalized spacial score (nSPS) is 14.7. The number of aliphatic hydroxyl groups is 3. The van der Waals surface area contributed by atoms with Gasteiger partial charge in [0.1, 0.15) is 54.4 Å². The molecule has 0 spiro atoms. The van der Waals surface area contributed by atoms with Crippen molar-refractivity contribution >= 4 is 82.8 Å². The van der Waals surface area contributed by atoms with Crippen molar-refractivity contribution in [3.63, 3.8) is 0 Å². The van der Waals surface area contributed by atoms with Gasteiger partial charge in [-0.1, -0.05) is 44.2 Å². The van der Waals surface area contributed by atoms with Crippen LogP contribution in [0.25, 0.3) is 0 Å². The maximum Gasteiger partial charge on any atom is 0.303 e. The molecule has 32 nitrogen and oxygen atoms in total. The fourth-order valence-corrected chi connectivity index (χ4v) is 7.14. The van der Waals surface area contributed by atoms with Crippen molar-refractivity contribution in [2.75, 3.05) is 33.4 Å². The van der Waals surface area contributed by atoms with Crippen LogP contribution in [0.2, 0.25) is 0 Å². The Hall–Kier alpha value is -8.36. The van der Waals surface area contributed by atoms with Crippen LogP contribution >= 0.6 is 0 Å². The number of hydrogen-bond donors (Lipinski definition) is 17. The third-order valence-corrected chi connectivity index (χ3v) is 11.5. The minimum absolute atomic E-state index is 0.00452. The van der Waals surface area contributed by atoms with Crippen LogP contribution in [0.1, 0.15) is 71.8 Å². The zero-order chi connectivity index (χ0) is 60.3. The van der Waals surface area contributed by atoms with Crippen molar-refractivity contribution < 1.29 is 87.5 Å². The maximum absolute atomic E-state index is 14.4. The molecule has 21 N–H and O–H groups in total. The fraction of sp³-hybridized carbons (Fsp3) is 0.574. The number of hydrogen-bond acceptors (Lipinski definition) is 18. The molecule has 0 radical (unpaired) electrons. The van der Waals surface area contributed by atoms with E-state index in [0.29, 0.717) is 5.56 Å². The number of aliphatic carboxylic acids is 1. The number of nitrogens with zero attached hydrogens (tertiary/aromatic N) is 1. The van der Waals surface area contributed by atoms with Crippen molar-refractivity contribution in [3.8, 4) is 0 Å². The number of nitrogens with two attached hydrogens (primary N) is 4. The van der Waals surface area contributed by atoms with E-state index in [1.807, 2.05) is 10.6 Å². The van der Waals surface area contributed by atoms with Gasteiger partial charge in [0.15, 0.2) is 6.10 Å². The minimum atomic E-state index is -2.44. The predicted molar refractivity (Wildman–Crippen MR) is 273 cm³/mol. The third-order valence-electron chi connectivity index (χ3n) is 11.5. The quantitative estimate of drug-likeness (QED) is 0.0297. The van der Waals surface area contributed by atoms with Gasteiger partial charge in [0.2, 0.25) is 76.8 Å². The molecule has 13 amide bonds. The van der Waals surface area contributed by atoms with Crippen LogP contribution in [0.5, 0.6) is 0 Å². The van der Waals surface area contributed by atoms with Crippen molar-refractivity contribution in [2.24, 2.45) is 28.9 Å². The fourth-order valence-electron chi connectivity index (χ4n) is 7.14. The van der Waals surface area contributed by atoms with Gasteiger partial charge in [-0.15, -0.1) is 0 Å². The summed E-state index contributed by atoms with van der Waals surface area (Å²) < 4.78 is 0. The summed E-state index contributed by atoms with van der Waals surface area (Å²) in [5.74, 6) is -16.1. The molecule has 0 aromatic heterocycles. The molecule has 1 aromatic rings. The highest BCUT2D eigenvalue weighted by Gasteiger charge is 2.38. The highest BCUT2D eigenvalue weighted by atomic mass is 16.4. The van der Waals surface area contributed by atoms with Gasteiger partial charge in [-0.05, 0) is 50.6 Å². The lowest BCUT2D eigenvalue weighted by molar-refractivity contribution is -0.142. The molecule has 0 fully saturated rings. The predicted octanol–water partition coefficient (Wildman–Crippen LogP) is -9.07. The number of carboxylic acids is 1. The Balaban J connectivity index is 3.48. The molecule has 0 aliphatic rings. The molecule has 10 unspecified atom stereocenters. The van der Waals surface area contributed by atoms with Gasteiger partial charge < -0.3 is 96.1 Å². The molecule has 0 aliphatic heterocycles. The first-order valence-corrected chi connectivity index (χ1v) is 24.6. The monoisotopic (exact) mass is 1120 g/mol. The second-order valence-corrected chi connectivity index (χ2v) is 18.5. The average Bonchev–Trinajstić information content (AvgIpc) is 3.38. The molecule has 10 atom stereocenters. The van der Waals surface area contributed by atoms with Crippen LogP contribution in [0.4, 0.5) is 0 Å². The van der Waals surface area contributed by atoms with Gasteiger partial charge >= 0.3 is 5.97 Å². The number of carboxylic acid groups (broad SMARTS) is 1. The van der Waals surface area contributed by atoms with E-state index in [1.54, 1.807) is 44.2 Å². The maximum atomic E-state index is 14.4. The smallest absolute Gasteiger partial charge is 0.303 e. The summed E-state index contributed by atoms with van der Waals surface area (Å²) in [5, 5.41) is 59.4. The van der Waals surface area contributed by atoms with Crippen LogP contribution in [0.3, 0.4) is 0 Å². The largest absolute Gasteiger partial charge is 0.481 e. The van der Waals surface area contributed by atoms with Gasteiger partial charge in [0.05, 0.1) is 26.2 Å². The molecule has 79 heavy (non-hydrogen) atoms. The Morgan fingerprint density at radius 1 is 0.595 bits per heavy atom. The minimum Gasteiger partial charge on any atom is -0.481 e. The lowest BCUT2D eigenvalue weighted by Crippen LogP contribution is -2.63. The lowest BCUT2D eigenvalue weighted by atomic mass is 9.99. The number of carbonyl (C=O) groups is 14. The van der Waals surface area contributed by atoms with Crippen molar-refractivity contribution in [1.82, 2.24) is 52.8 Å². The first kappa shape index (κ1) is 68.7. The van der Waals surface area contributed by atoms with E-state index in [-0.39, 0.29) is 38.1 Å². The summed E-state index contributed by atoms with van der Waals surface area (Å²) in [6, 6.07) is -6.68. The Bertz CT molecular complexity index is 2340. The summed E-state index contributed by atoms with van der Waals surface area (Å²) in [6.45, 7) is 2.58. The summed E-state index contributed by atoms with van der Waals surface area (Å²) in [5.41, 5.74) is 21.8. The Morgan fingerprint density at radius 2 is 1.09 bits per heavy atom. The Labute approximate surface area is 453 Å². The first-order valence-electron chi connectivity index (χ1n) is 24.6. The summed E-state index contributed by atoms with van der Waals surface area (Å²) in [6.07, 6.45) is -4.83. The van der Waals surface area contributed by atoms with Crippen molar-refractivity contribution in [2.45, 2.75) is 133 Å². The summed E-state index contributed by atoms with van der Waals surface area (Å²) >= 11 is 0. The molecule has 32 heteroatoms. The van der Waals surface area contributed by atoms with Crippen LogP contribution in [-0.2, 0) is 73.5 Å². The zero-order valence-corrected chi connectivity index (χ0v) is 44.3. The van der Waals surface area contributed by atoms with E-state index in [9.17, 15) is 87.5 Å². The number of rotatable bonds is 36. The second-order valence-electron chi connectivity index (χ2n) is 18.5. The van der Waals surface area contributed by atoms with Gasteiger partial charge in [-0.25, -0.2) is 0 Å². The molecule has 0 saturated carbocycles. The molecule has 0 bridgehead atoms. The summed E-state index contributed by atoms with van der Waals surface area (Å²) in [7, 11) is 1.19.